The van der Waals surface area contributed by atoms with Gasteiger partial charge >= 0.3 is 0 Å². The van der Waals surface area contributed by atoms with Crippen molar-refractivity contribution in [3.63, 3.8) is 0 Å². The molecular formula is C6H13NO4. The van der Waals surface area contributed by atoms with Gasteiger partial charge in [0.1, 0.15) is 24.4 Å². The molecule has 0 aliphatic heterocycles. The molecule has 0 bridgehead atoms. The Bertz CT molecular complexity index is 129. The zero-order valence-electron chi connectivity index (χ0n) is 6.21. The molecule has 5 atom stereocenters. The Balaban J connectivity index is 2.69. The maximum Gasteiger partial charge on any atom is 0.110 e. The average molecular weight is 163 g/mol. The fraction of sp³-hybridized carbons (Fsp3) is 1.00. The van der Waals surface area contributed by atoms with E-state index in [1.165, 1.54) is 7.11 Å². The Labute approximate surface area is 64.4 Å². The molecule has 1 aliphatic rings. The van der Waals surface area contributed by atoms with Gasteiger partial charge in [0, 0.05) is 7.11 Å². The van der Waals surface area contributed by atoms with E-state index >= 15 is 0 Å². The normalized spacial score (nSPS) is 51.5. The lowest BCUT2D eigenvalue weighted by Gasteiger charge is -2.16. The van der Waals surface area contributed by atoms with Crippen LogP contribution in [0, 0.1) is 0 Å². The number of nitrogens with two attached hydrogens (primary N) is 1. The van der Waals surface area contributed by atoms with Crippen molar-refractivity contribution >= 4 is 0 Å². The Morgan fingerprint density at radius 2 is 1.64 bits per heavy atom. The monoisotopic (exact) mass is 163 g/mol. The molecule has 0 radical (unpaired) electrons. The second-order valence-corrected chi connectivity index (χ2v) is 2.75. The summed E-state index contributed by atoms with van der Waals surface area (Å²) in [6.07, 6.45) is -4.07. The largest absolute Gasteiger partial charge is 0.389 e. The van der Waals surface area contributed by atoms with Gasteiger partial charge in [-0.25, -0.2) is 0 Å². The van der Waals surface area contributed by atoms with E-state index < -0.39 is 30.5 Å². The molecule has 1 aliphatic carbocycles. The van der Waals surface area contributed by atoms with Gasteiger partial charge in [-0.05, 0) is 0 Å². The molecule has 0 aromatic heterocycles. The summed E-state index contributed by atoms with van der Waals surface area (Å²) in [4.78, 5) is 0. The summed E-state index contributed by atoms with van der Waals surface area (Å²) >= 11 is 0. The van der Waals surface area contributed by atoms with Crippen LogP contribution in [0.3, 0.4) is 0 Å². The first-order valence-electron chi connectivity index (χ1n) is 3.42. The standard InChI is InChI=1S/C6H13NO4/c1-11-6-2(7)3(8)4(9)5(6)10/h2-6,8-10H,7H2,1H3/t2-,3+,4+,5+,6-/m0/s1. The average Bonchev–Trinajstić information content (AvgIpc) is 2.17. The first-order valence-corrected chi connectivity index (χ1v) is 3.42. The van der Waals surface area contributed by atoms with Crippen LogP contribution < -0.4 is 5.73 Å². The lowest BCUT2D eigenvalue weighted by molar-refractivity contribution is -0.0515. The van der Waals surface area contributed by atoms with Crippen LogP contribution in [-0.4, -0.2) is 52.9 Å². The van der Waals surface area contributed by atoms with E-state index in [1.807, 2.05) is 0 Å². The van der Waals surface area contributed by atoms with E-state index in [2.05, 4.69) is 0 Å². The van der Waals surface area contributed by atoms with Crippen LogP contribution in [0.4, 0.5) is 0 Å². The van der Waals surface area contributed by atoms with Crippen molar-refractivity contribution in [2.24, 2.45) is 5.73 Å². The lowest BCUT2D eigenvalue weighted by atomic mass is 10.2. The highest BCUT2D eigenvalue weighted by atomic mass is 16.5. The van der Waals surface area contributed by atoms with E-state index in [1.54, 1.807) is 0 Å². The summed E-state index contributed by atoms with van der Waals surface area (Å²) in [5, 5.41) is 27.4. The number of hydrogen-bond donors (Lipinski definition) is 4. The predicted octanol–water partition coefficient (Wildman–Crippen LogP) is -2.57. The van der Waals surface area contributed by atoms with E-state index in [0.29, 0.717) is 0 Å². The molecule has 0 spiro atoms. The molecule has 5 N–H and O–H groups in total. The molecule has 0 heterocycles. The van der Waals surface area contributed by atoms with Crippen LogP contribution in [0.5, 0.6) is 0 Å². The fourth-order valence-electron chi connectivity index (χ4n) is 1.34. The summed E-state index contributed by atoms with van der Waals surface area (Å²) in [7, 11) is 1.37. The van der Waals surface area contributed by atoms with Gasteiger partial charge < -0.3 is 25.8 Å². The second-order valence-electron chi connectivity index (χ2n) is 2.75. The molecule has 11 heavy (non-hydrogen) atoms. The van der Waals surface area contributed by atoms with Crippen molar-refractivity contribution in [3.05, 3.63) is 0 Å². The summed E-state index contributed by atoms with van der Waals surface area (Å²) in [6, 6.07) is -0.718. The molecule has 0 amide bonds. The van der Waals surface area contributed by atoms with Crippen molar-refractivity contribution in [1.29, 1.82) is 0 Å². The highest BCUT2D eigenvalue weighted by molar-refractivity contribution is 5.01. The fourth-order valence-corrected chi connectivity index (χ4v) is 1.34. The molecular weight excluding hydrogens is 150 g/mol. The van der Waals surface area contributed by atoms with Crippen molar-refractivity contribution < 1.29 is 20.1 Å². The molecule has 5 heteroatoms. The number of hydrogen-bond acceptors (Lipinski definition) is 5. The van der Waals surface area contributed by atoms with Crippen LogP contribution in [0.15, 0.2) is 0 Å². The van der Waals surface area contributed by atoms with Crippen molar-refractivity contribution in [1.82, 2.24) is 0 Å². The van der Waals surface area contributed by atoms with Crippen LogP contribution >= 0.6 is 0 Å². The zero-order chi connectivity index (χ0) is 8.59. The molecule has 0 saturated heterocycles. The number of methoxy groups -OCH3 is 1. The van der Waals surface area contributed by atoms with E-state index in [4.69, 9.17) is 20.7 Å². The molecule has 1 saturated carbocycles. The Morgan fingerprint density at radius 1 is 1.09 bits per heavy atom. The molecule has 1 fully saturated rings. The summed E-state index contributed by atoms with van der Waals surface area (Å²) in [5.41, 5.74) is 5.42. The molecule has 0 aromatic carbocycles. The minimum atomic E-state index is -1.20. The maximum absolute atomic E-state index is 9.18. The number of rotatable bonds is 1. The molecule has 5 nitrogen and oxygen atoms in total. The van der Waals surface area contributed by atoms with Crippen LogP contribution in [-0.2, 0) is 4.74 Å². The van der Waals surface area contributed by atoms with Crippen LogP contribution in [0.2, 0.25) is 0 Å². The first kappa shape index (κ1) is 8.89. The summed E-state index contributed by atoms with van der Waals surface area (Å²) < 4.78 is 4.78. The van der Waals surface area contributed by atoms with E-state index in [-0.39, 0.29) is 0 Å². The predicted molar refractivity (Wildman–Crippen MR) is 36.8 cm³/mol. The van der Waals surface area contributed by atoms with Gasteiger partial charge in [0.25, 0.3) is 0 Å². The summed E-state index contributed by atoms with van der Waals surface area (Å²) in [5.74, 6) is 0. The third-order valence-corrected chi connectivity index (χ3v) is 2.08. The van der Waals surface area contributed by atoms with Gasteiger partial charge in [-0.2, -0.15) is 0 Å². The summed E-state index contributed by atoms with van der Waals surface area (Å²) in [6.45, 7) is 0. The number of aliphatic hydroxyl groups excluding tert-OH is 3. The molecule has 0 aromatic rings. The van der Waals surface area contributed by atoms with Crippen LogP contribution in [0.25, 0.3) is 0 Å². The number of aliphatic hydroxyl groups is 3. The zero-order valence-corrected chi connectivity index (χ0v) is 6.21. The third-order valence-electron chi connectivity index (χ3n) is 2.08. The van der Waals surface area contributed by atoms with Gasteiger partial charge in [-0.3, -0.25) is 0 Å². The SMILES string of the molecule is CO[C@H]1[C@@H](N)[C@@H](O)[C@@H](O)[C@H]1O. The van der Waals surface area contributed by atoms with Crippen LogP contribution in [0.1, 0.15) is 0 Å². The highest BCUT2D eigenvalue weighted by Crippen LogP contribution is 2.21. The Kier molecular flexibility index (Phi) is 2.46. The van der Waals surface area contributed by atoms with Crippen molar-refractivity contribution in [2.45, 2.75) is 30.5 Å². The maximum atomic E-state index is 9.18. The topological polar surface area (TPSA) is 95.9 Å². The molecule has 66 valence electrons. The quantitative estimate of drug-likeness (QED) is 0.340. The van der Waals surface area contributed by atoms with Gasteiger partial charge in [0.15, 0.2) is 0 Å². The van der Waals surface area contributed by atoms with Gasteiger partial charge in [-0.15, -0.1) is 0 Å². The first-order chi connectivity index (χ1) is 5.09. The third kappa shape index (κ3) is 1.25. The van der Waals surface area contributed by atoms with Gasteiger partial charge in [-0.1, -0.05) is 0 Å². The number of ether oxygens (including phenoxy) is 1. The van der Waals surface area contributed by atoms with E-state index in [9.17, 15) is 5.11 Å². The van der Waals surface area contributed by atoms with Crippen molar-refractivity contribution in [2.75, 3.05) is 7.11 Å². The Morgan fingerprint density at radius 3 is 1.82 bits per heavy atom. The van der Waals surface area contributed by atoms with E-state index in [0.717, 1.165) is 0 Å². The van der Waals surface area contributed by atoms with Gasteiger partial charge in [0.05, 0.1) is 6.04 Å². The minimum Gasteiger partial charge on any atom is -0.389 e. The highest BCUT2D eigenvalue weighted by Gasteiger charge is 2.47. The minimum absolute atomic E-state index is 0.681. The molecule has 0 unspecified atom stereocenters. The molecule has 1 rings (SSSR count). The lowest BCUT2D eigenvalue weighted by Crippen LogP contribution is -2.41. The van der Waals surface area contributed by atoms with Crippen molar-refractivity contribution in [3.8, 4) is 0 Å². The van der Waals surface area contributed by atoms with Gasteiger partial charge in [0.2, 0.25) is 0 Å². The Hall–Kier alpha value is -0.200. The smallest absolute Gasteiger partial charge is 0.110 e. The second kappa shape index (κ2) is 3.04.